The molecule has 0 radical (unpaired) electrons. The summed E-state index contributed by atoms with van der Waals surface area (Å²) < 4.78 is 48.8. The first kappa shape index (κ1) is 12.7. The zero-order valence-corrected chi connectivity index (χ0v) is 9.58. The average molecular weight is 250 g/mol. The van der Waals surface area contributed by atoms with Gasteiger partial charge in [0, 0.05) is 13.2 Å². The fraction of sp³-hybridized carbons (Fsp3) is 0.333. The van der Waals surface area contributed by atoms with Crippen molar-refractivity contribution in [2.45, 2.75) is 4.90 Å². The maximum absolute atomic E-state index is 12.9. The molecule has 5 nitrogen and oxygen atoms in total. The molecule has 0 amide bonds. The van der Waals surface area contributed by atoms with E-state index in [2.05, 4.69) is 4.74 Å². The summed E-state index contributed by atoms with van der Waals surface area (Å²) in [4.78, 5) is -0.551. The van der Waals surface area contributed by atoms with E-state index in [0.717, 1.165) is 6.07 Å². The fourth-order valence-corrected chi connectivity index (χ4v) is 1.64. The van der Waals surface area contributed by atoms with Crippen LogP contribution in [0.25, 0.3) is 0 Å². The molecule has 0 atom stereocenters. The molecular formula is C9H11FO5S. The summed E-state index contributed by atoms with van der Waals surface area (Å²) in [5.74, 6) is 0.210. The third-order valence-corrected chi connectivity index (χ3v) is 2.61. The number of hydrogen-bond acceptors (Lipinski definition) is 5. The standard InChI is InChI=1S/C9H11FO5S/c1-13-6-15-8-5-7(14-2)3-4-9(8)16(10,11)12/h3-5H,6H2,1-2H3. The van der Waals surface area contributed by atoms with E-state index in [0.29, 0.717) is 5.75 Å². The predicted molar refractivity (Wildman–Crippen MR) is 53.8 cm³/mol. The van der Waals surface area contributed by atoms with E-state index in [1.165, 1.54) is 26.4 Å². The molecular weight excluding hydrogens is 239 g/mol. The maximum atomic E-state index is 12.9. The van der Waals surface area contributed by atoms with Crippen LogP contribution in [0.15, 0.2) is 23.1 Å². The zero-order chi connectivity index (χ0) is 12.2. The first-order valence-electron chi connectivity index (χ1n) is 4.23. The van der Waals surface area contributed by atoms with Crippen molar-refractivity contribution >= 4 is 10.2 Å². The highest BCUT2D eigenvalue weighted by atomic mass is 32.3. The van der Waals surface area contributed by atoms with E-state index in [-0.39, 0.29) is 12.5 Å². The summed E-state index contributed by atoms with van der Waals surface area (Å²) in [7, 11) is -2.06. The Morgan fingerprint density at radius 3 is 2.50 bits per heavy atom. The van der Waals surface area contributed by atoms with Crippen LogP contribution in [-0.4, -0.2) is 29.4 Å². The normalized spacial score (nSPS) is 11.2. The van der Waals surface area contributed by atoms with Gasteiger partial charge in [-0.25, -0.2) is 0 Å². The molecule has 1 aromatic rings. The molecule has 0 aliphatic carbocycles. The molecule has 0 aromatic heterocycles. The van der Waals surface area contributed by atoms with E-state index in [9.17, 15) is 12.3 Å². The van der Waals surface area contributed by atoms with Gasteiger partial charge in [-0.05, 0) is 12.1 Å². The predicted octanol–water partition coefficient (Wildman–Crippen LogP) is 1.34. The summed E-state index contributed by atoms with van der Waals surface area (Å²) in [5, 5.41) is 0. The molecule has 0 spiro atoms. The van der Waals surface area contributed by atoms with Crippen LogP contribution in [-0.2, 0) is 15.0 Å². The summed E-state index contributed by atoms with van der Waals surface area (Å²) in [6.07, 6.45) is 0. The van der Waals surface area contributed by atoms with Crippen LogP contribution in [0, 0.1) is 0 Å². The minimum Gasteiger partial charge on any atom is -0.497 e. The highest BCUT2D eigenvalue weighted by molar-refractivity contribution is 7.86. The Kier molecular flexibility index (Phi) is 4.08. The third kappa shape index (κ3) is 3.07. The molecule has 16 heavy (non-hydrogen) atoms. The number of rotatable bonds is 5. The highest BCUT2D eigenvalue weighted by Crippen LogP contribution is 2.29. The van der Waals surface area contributed by atoms with E-state index in [1.54, 1.807) is 0 Å². The minimum atomic E-state index is -4.82. The Bertz CT molecular complexity index is 457. The molecule has 0 N–H and O–H groups in total. The average Bonchev–Trinajstić information content (AvgIpc) is 2.24. The van der Waals surface area contributed by atoms with Gasteiger partial charge in [0.1, 0.15) is 16.4 Å². The Balaban J connectivity index is 3.16. The Labute approximate surface area is 93.0 Å². The van der Waals surface area contributed by atoms with Gasteiger partial charge in [0.2, 0.25) is 0 Å². The van der Waals surface area contributed by atoms with Crippen LogP contribution in [0.1, 0.15) is 0 Å². The van der Waals surface area contributed by atoms with Crippen LogP contribution in [0.4, 0.5) is 3.89 Å². The second kappa shape index (κ2) is 5.13. The second-order valence-corrected chi connectivity index (χ2v) is 4.12. The van der Waals surface area contributed by atoms with Gasteiger partial charge < -0.3 is 14.2 Å². The second-order valence-electron chi connectivity index (χ2n) is 2.80. The molecule has 1 rings (SSSR count). The van der Waals surface area contributed by atoms with Gasteiger partial charge in [0.15, 0.2) is 6.79 Å². The molecule has 0 bridgehead atoms. The summed E-state index contributed by atoms with van der Waals surface area (Å²) >= 11 is 0. The number of ether oxygens (including phenoxy) is 3. The van der Waals surface area contributed by atoms with Crippen LogP contribution in [0.3, 0.4) is 0 Å². The van der Waals surface area contributed by atoms with Gasteiger partial charge in [-0.1, -0.05) is 0 Å². The Hall–Kier alpha value is -1.34. The molecule has 0 unspecified atom stereocenters. The number of methoxy groups -OCH3 is 2. The molecule has 7 heteroatoms. The van der Waals surface area contributed by atoms with Crippen LogP contribution in [0.5, 0.6) is 11.5 Å². The quantitative estimate of drug-likeness (QED) is 0.583. The Morgan fingerprint density at radius 2 is 2.00 bits per heavy atom. The lowest BCUT2D eigenvalue weighted by molar-refractivity contribution is 0.0488. The van der Waals surface area contributed by atoms with Crippen LogP contribution < -0.4 is 9.47 Å². The highest BCUT2D eigenvalue weighted by Gasteiger charge is 2.19. The third-order valence-electron chi connectivity index (χ3n) is 1.75. The van der Waals surface area contributed by atoms with Crippen molar-refractivity contribution < 1.29 is 26.5 Å². The number of halogens is 1. The Morgan fingerprint density at radius 1 is 1.31 bits per heavy atom. The number of benzene rings is 1. The topological polar surface area (TPSA) is 61.8 Å². The van der Waals surface area contributed by atoms with Crippen molar-refractivity contribution in [3.05, 3.63) is 18.2 Å². The minimum absolute atomic E-state index is 0.149. The van der Waals surface area contributed by atoms with Gasteiger partial charge in [-0.3, -0.25) is 0 Å². The first-order chi connectivity index (χ1) is 7.49. The molecule has 0 heterocycles. The van der Waals surface area contributed by atoms with E-state index in [4.69, 9.17) is 9.47 Å². The molecule has 0 aliphatic heterocycles. The lowest BCUT2D eigenvalue weighted by atomic mass is 10.3. The van der Waals surface area contributed by atoms with E-state index >= 15 is 0 Å². The zero-order valence-electron chi connectivity index (χ0n) is 8.77. The monoisotopic (exact) mass is 250 g/mol. The van der Waals surface area contributed by atoms with Gasteiger partial charge in [0.25, 0.3) is 0 Å². The smallest absolute Gasteiger partial charge is 0.335 e. The fourth-order valence-electron chi connectivity index (χ4n) is 1.05. The first-order valence-corrected chi connectivity index (χ1v) is 5.62. The van der Waals surface area contributed by atoms with Crippen LogP contribution in [0.2, 0.25) is 0 Å². The van der Waals surface area contributed by atoms with Crippen molar-refractivity contribution in [1.82, 2.24) is 0 Å². The van der Waals surface area contributed by atoms with E-state index < -0.39 is 15.1 Å². The molecule has 0 aliphatic rings. The molecule has 1 aromatic carbocycles. The van der Waals surface area contributed by atoms with Crippen molar-refractivity contribution in [2.24, 2.45) is 0 Å². The lowest BCUT2D eigenvalue weighted by Crippen LogP contribution is -2.04. The van der Waals surface area contributed by atoms with Gasteiger partial charge >= 0.3 is 10.2 Å². The van der Waals surface area contributed by atoms with Gasteiger partial charge in [-0.15, -0.1) is 3.89 Å². The SMILES string of the molecule is COCOc1cc(OC)ccc1S(=O)(=O)F. The molecule has 0 saturated carbocycles. The summed E-state index contributed by atoms with van der Waals surface area (Å²) in [6, 6.07) is 3.66. The van der Waals surface area contributed by atoms with Crippen molar-refractivity contribution in [3.8, 4) is 11.5 Å². The maximum Gasteiger partial charge on any atom is 0.335 e. The lowest BCUT2D eigenvalue weighted by Gasteiger charge is -2.09. The van der Waals surface area contributed by atoms with Crippen molar-refractivity contribution in [1.29, 1.82) is 0 Å². The van der Waals surface area contributed by atoms with Crippen molar-refractivity contribution in [2.75, 3.05) is 21.0 Å². The summed E-state index contributed by atoms with van der Waals surface area (Å²) in [6.45, 7) is -0.185. The van der Waals surface area contributed by atoms with Gasteiger partial charge in [0.05, 0.1) is 7.11 Å². The largest absolute Gasteiger partial charge is 0.497 e. The van der Waals surface area contributed by atoms with E-state index in [1.807, 2.05) is 0 Å². The van der Waals surface area contributed by atoms with Gasteiger partial charge in [-0.2, -0.15) is 8.42 Å². The van der Waals surface area contributed by atoms with Crippen LogP contribution >= 0.6 is 0 Å². The number of hydrogen-bond donors (Lipinski definition) is 0. The van der Waals surface area contributed by atoms with Crippen molar-refractivity contribution in [3.63, 3.8) is 0 Å². The molecule has 0 saturated heterocycles. The molecule has 0 fully saturated rings. The molecule has 90 valence electrons. The summed E-state index contributed by atoms with van der Waals surface area (Å²) in [5.41, 5.74) is 0.